The summed E-state index contributed by atoms with van der Waals surface area (Å²) < 4.78 is 10.5. The van der Waals surface area contributed by atoms with Crippen LogP contribution in [0.3, 0.4) is 0 Å². The molecule has 0 saturated carbocycles. The Balaban J connectivity index is 2.05. The van der Waals surface area contributed by atoms with Crippen molar-refractivity contribution in [3.63, 3.8) is 0 Å². The van der Waals surface area contributed by atoms with E-state index in [1.165, 1.54) is 0 Å². The van der Waals surface area contributed by atoms with Crippen LogP contribution in [0, 0.1) is 5.92 Å². The third kappa shape index (κ3) is 3.94. The van der Waals surface area contributed by atoms with Crippen molar-refractivity contribution in [2.24, 2.45) is 5.92 Å². The fraction of sp³-hybridized carbons (Fsp3) is 0.529. The number of ether oxygens (including phenoxy) is 2. The second kappa shape index (κ2) is 7.35. The minimum Gasteiger partial charge on any atom is -0.497 e. The molecule has 1 atom stereocenters. The van der Waals surface area contributed by atoms with Crippen LogP contribution in [-0.2, 0) is 16.1 Å². The van der Waals surface area contributed by atoms with Crippen LogP contribution in [0.2, 0.25) is 0 Å². The van der Waals surface area contributed by atoms with Crippen molar-refractivity contribution in [3.8, 4) is 11.5 Å². The molecule has 1 fully saturated rings. The molecule has 0 bridgehead atoms. The maximum absolute atomic E-state index is 12.6. The van der Waals surface area contributed by atoms with Gasteiger partial charge < -0.3 is 19.3 Å². The summed E-state index contributed by atoms with van der Waals surface area (Å²) in [5.74, 6) is 1.20. The van der Waals surface area contributed by atoms with Crippen LogP contribution < -0.4 is 9.47 Å². The molecule has 1 aromatic carbocycles. The van der Waals surface area contributed by atoms with Crippen LogP contribution >= 0.6 is 0 Å². The normalized spacial score (nSPS) is 17.8. The van der Waals surface area contributed by atoms with Gasteiger partial charge in [-0.3, -0.25) is 9.59 Å². The number of carbonyl (C=O) groups excluding carboxylic acids is 2. The van der Waals surface area contributed by atoms with Crippen molar-refractivity contribution in [2.75, 3.05) is 34.9 Å². The van der Waals surface area contributed by atoms with Crippen molar-refractivity contribution in [2.45, 2.75) is 19.4 Å². The van der Waals surface area contributed by atoms with E-state index in [2.05, 4.69) is 0 Å². The first-order valence-corrected chi connectivity index (χ1v) is 7.66. The quantitative estimate of drug-likeness (QED) is 0.825. The molecule has 6 heteroatoms. The summed E-state index contributed by atoms with van der Waals surface area (Å²) in [5, 5.41) is 0. The SMILES string of the molecule is COc1ccc(CN(C)C(=O)[C@H]2CCN(C)C(=O)C2)c(OC)c1. The average molecular weight is 320 g/mol. The predicted molar refractivity (Wildman–Crippen MR) is 86.4 cm³/mol. The van der Waals surface area contributed by atoms with E-state index < -0.39 is 0 Å². The Morgan fingerprint density at radius 3 is 2.70 bits per heavy atom. The third-order valence-electron chi connectivity index (χ3n) is 4.29. The van der Waals surface area contributed by atoms with Crippen molar-refractivity contribution in [1.82, 2.24) is 9.80 Å². The van der Waals surface area contributed by atoms with Gasteiger partial charge in [-0.1, -0.05) is 0 Å². The largest absolute Gasteiger partial charge is 0.497 e. The third-order valence-corrected chi connectivity index (χ3v) is 4.29. The van der Waals surface area contributed by atoms with Crippen LogP contribution in [-0.4, -0.2) is 56.5 Å². The first kappa shape index (κ1) is 17.1. The molecular formula is C17H24N2O4. The fourth-order valence-electron chi connectivity index (χ4n) is 2.78. The van der Waals surface area contributed by atoms with Gasteiger partial charge in [0, 0.05) is 51.2 Å². The summed E-state index contributed by atoms with van der Waals surface area (Å²) >= 11 is 0. The molecule has 6 nitrogen and oxygen atoms in total. The lowest BCUT2D eigenvalue weighted by Crippen LogP contribution is -2.42. The molecule has 0 spiro atoms. The number of nitrogens with zero attached hydrogens (tertiary/aromatic N) is 2. The Labute approximate surface area is 137 Å². The highest BCUT2D eigenvalue weighted by atomic mass is 16.5. The minimum absolute atomic E-state index is 0.00400. The van der Waals surface area contributed by atoms with E-state index >= 15 is 0 Å². The van der Waals surface area contributed by atoms with E-state index in [1.54, 1.807) is 44.2 Å². The van der Waals surface area contributed by atoms with Crippen molar-refractivity contribution in [3.05, 3.63) is 23.8 Å². The van der Waals surface area contributed by atoms with Gasteiger partial charge in [0.1, 0.15) is 11.5 Å². The maximum atomic E-state index is 12.6. The van der Waals surface area contributed by atoms with E-state index in [4.69, 9.17) is 9.47 Å². The van der Waals surface area contributed by atoms with Gasteiger partial charge in [-0.15, -0.1) is 0 Å². The van der Waals surface area contributed by atoms with Gasteiger partial charge in [0.2, 0.25) is 11.8 Å². The van der Waals surface area contributed by atoms with Gasteiger partial charge in [0.05, 0.1) is 14.2 Å². The molecular weight excluding hydrogens is 296 g/mol. The monoisotopic (exact) mass is 320 g/mol. The van der Waals surface area contributed by atoms with Crippen LogP contribution in [0.15, 0.2) is 18.2 Å². The molecule has 0 aromatic heterocycles. The Morgan fingerprint density at radius 1 is 1.35 bits per heavy atom. The van der Waals surface area contributed by atoms with Gasteiger partial charge in [-0.2, -0.15) is 0 Å². The zero-order valence-corrected chi connectivity index (χ0v) is 14.2. The summed E-state index contributed by atoms with van der Waals surface area (Å²) in [7, 11) is 6.72. The highest BCUT2D eigenvalue weighted by Gasteiger charge is 2.30. The van der Waals surface area contributed by atoms with E-state index in [0.29, 0.717) is 37.4 Å². The van der Waals surface area contributed by atoms with Crippen molar-refractivity contribution < 1.29 is 19.1 Å². The van der Waals surface area contributed by atoms with Gasteiger partial charge >= 0.3 is 0 Å². The second-order valence-electron chi connectivity index (χ2n) is 5.88. The predicted octanol–water partition coefficient (Wildman–Crippen LogP) is 1.53. The number of rotatable bonds is 5. The molecule has 126 valence electrons. The molecule has 0 radical (unpaired) electrons. The smallest absolute Gasteiger partial charge is 0.226 e. The molecule has 23 heavy (non-hydrogen) atoms. The number of piperidine rings is 1. The maximum Gasteiger partial charge on any atom is 0.226 e. The van der Waals surface area contributed by atoms with E-state index in [9.17, 15) is 9.59 Å². The molecule has 0 unspecified atom stereocenters. The van der Waals surface area contributed by atoms with Crippen LogP contribution in [0.25, 0.3) is 0 Å². The van der Waals surface area contributed by atoms with Crippen LogP contribution in [0.4, 0.5) is 0 Å². The molecule has 1 saturated heterocycles. The van der Waals surface area contributed by atoms with Gasteiger partial charge in [0.25, 0.3) is 0 Å². The number of hydrogen-bond donors (Lipinski definition) is 0. The van der Waals surface area contributed by atoms with Crippen LogP contribution in [0.5, 0.6) is 11.5 Å². The molecule has 1 aliphatic rings. The molecule has 2 rings (SSSR count). The van der Waals surface area contributed by atoms with E-state index in [1.807, 2.05) is 12.1 Å². The van der Waals surface area contributed by atoms with Crippen molar-refractivity contribution >= 4 is 11.8 Å². The second-order valence-corrected chi connectivity index (χ2v) is 5.88. The molecule has 1 aliphatic heterocycles. The Bertz CT molecular complexity index is 588. The fourth-order valence-corrected chi connectivity index (χ4v) is 2.78. The lowest BCUT2D eigenvalue weighted by atomic mass is 9.95. The van der Waals surface area contributed by atoms with Gasteiger partial charge in [-0.05, 0) is 18.6 Å². The average Bonchev–Trinajstić information content (AvgIpc) is 2.56. The molecule has 0 aliphatic carbocycles. The minimum atomic E-state index is -0.229. The number of carbonyl (C=O) groups is 2. The Hall–Kier alpha value is -2.24. The molecule has 1 heterocycles. The number of hydrogen-bond acceptors (Lipinski definition) is 4. The first-order valence-electron chi connectivity index (χ1n) is 7.66. The number of amides is 2. The zero-order chi connectivity index (χ0) is 17.0. The summed E-state index contributed by atoms with van der Waals surface area (Å²) in [6.45, 7) is 1.07. The summed E-state index contributed by atoms with van der Waals surface area (Å²) in [4.78, 5) is 27.7. The van der Waals surface area contributed by atoms with Gasteiger partial charge in [-0.25, -0.2) is 0 Å². The topological polar surface area (TPSA) is 59.1 Å². The Morgan fingerprint density at radius 2 is 2.09 bits per heavy atom. The number of methoxy groups -OCH3 is 2. The summed E-state index contributed by atoms with van der Waals surface area (Å²) in [5.41, 5.74) is 0.906. The summed E-state index contributed by atoms with van der Waals surface area (Å²) in [6, 6.07) is 5.53. The highest BCUT2D eigenvalue weighted by molar-refractivity contribution is 5.86. The molecule has 1 aromatic rings. The standard InChI is InChI=1S/C17H24N2O4/c1-18-8-7-12(9-16(18)20)17(21)19(2)11-13-5-6-14(22-3)10-15(13)23-4/h5-6,10,12H,7-9,11H2,1-4H3/t12-/m0/s1. The highest BCUT2D eigenvalue weighted by Crippen LogP contribution is 2.26. The number of benzene rings is 1. The molecule has 2 amide bonds. The Kier molecular flexibility index (Phi) is 5.47. The zero-order valence-electron chi connectivity index (χ0n) is 14.2. The molecule has 0 N–H and O–H groups in total. The lowest BCUT2D eigenvalue weighted by molar-refractivity contribution is -0.143. The van der Waals surface area contributed by atoms with E-state index in [-0.39, 0.29) is 17.7 Å². The lowest BCUT2D eigenvalue weighted by Gasteiger charge is -2.30. The summed E-state index contributed by atoms with van der Waals surface area (Å²) in [6.07, 6.45) is 1.00. The number of likely N-dealkylation sites (tertiary alicyclic amines) is 1. The van der Waals surface area contributed by atoms with Crippen LogP contribution in [0.1, 0.15) is 18.4 Å². The van der Waals surface area contributed by atoms with Crippen molar-refractivity contribution in [1.29, 1.82) is 0 Å². The first-order chi connectivity index (χ1) is 11.0. The van der Waals surface area contributed by atoms with E-state index in [0.717, 1.165) is 5.56 Å². The van der Waals surface area contributed by atoms with Gasteiger partial charge in [0.15, 0.2) is 0 Å².